The van der Waals surface area contributed by atoms with Crippen molar-refractivity contribution in [2.45, 2.75) is 66.2 Å². The van der Waals surface area contributed by atoms with Gasteiger partial charge in [0.15, 0.2) is 0 Å². The van der Waals surface area contributed by atoms with Crippen LogP contribution in [0.1, 0.15) is 64.7 Å². The van der Waals surface area contributed by atoms with Crippen LogP contribution in [0.5, 0.6) is 5.75 Å². The molecule has 0 spiro atoms. The first-order valence-electron chi connectivity index (χ1n) is 7.51. The smallest absolute Gasteiger partial charge is 0.122 e. The molecule has 0 saturated heterocycles. The molecule has 0 aromatic heterocycles. The second-order valence-corrected chi connectivity index (χ2v) is 7.67. The number of carbonyl (C=O) groups excluding carboxylic acids is 1. The van der Waals surface area contributed by atoms with E-state index in [1.54, 1.807) is 6.07 Å². The van der Waals surface area contributed by atoms with E-state index in [-0.39, 0.29) is 17.3 Å². The van der Waals surface area contributed by atoms with E-state index in [9.17, 15) is 15.0 Å². The van der Waals surface area contributed by atoms with Crippen LogP contribution in [-0.2, 0) is 23.1 Å². The Balaban J connectivity index is 3.35. The van der Waals surface area contributed by atoms with E-state index in [0.717, 1.165) is 17.5 Å². The Labute approximate surface area is 128 Å². The molecule has 1 N–H and O–H groups in total. The van der Waals surface area contributed by atoms with Crippen LogP contribution in [0, 0.1) is 5.41 Å². The second-order valence-electron chi connectivity index (χ2n) is 7.67. The topological polar surface area (TPSA) is 60.4 Å². The molecular weight excluding hydrogens is 264 g/mol. The maximum atomic E-state index is 10.9. The highest BCUT2D eigenvalue weighted by Crippen LogP contribution is 2.41. The summed E-state index contributed by atoms with van der Waals surface area (Å²) in [5, 5.41) is 21.4. The van der Waals surface area contributed by atoms with E-state index in [1.807, 2.05) is 13.0 Å². The lowest BCUT2D eigenvalue weighted by atomic mass is 9.71. The van der Waals surface area contributed by atoms with E-state index in [4.69, 9.17) is 0 Å². The molecule has 0 bridgehead atoms. The number of phenols is 1. The van der Waals surface area contributed by atoms with Crippen LogP contribution < -0.4 is 5.11 Å². The molecule has 0 heterocycles. The molecule has 0 atom stereocenters. The molecule has 3 nitrogen and oxygen atoms in total. The minimum absolute atomic E-state index is 0.118. The molecule has 1 aromatic carbocycles. The number of hydrogen-bond acceptors (Lipinski definition) is 3. The standard InChI is InChI=1S/C18H28O3/c1-7-13-8-12(10-15(19)20)9-14(16(13)21)18(5,6)11-17(2,3)4/h8-9,21H,7,10-11H2,1-6H3,(H,19,20)/p-1. The molecule has 21 heavy (non-hydrogen) atoms. The number of benzene rings is 1. The average Bonchev–Trinajstić information content (AvgIpc) is 2.27. The summed E-state index contributed by atoms with van der Waals surface area (Å²) >= 11 is 0. The number of aromatic hydroxyl groups is 1. The monoisotopic (exact) mass is 291 g/mol. The highest BCUT2D eigenvalue weighted by molar-refractivity contribution is 5.68. The molecule has 118 valence electrons. The van der Waals surface area contributed by atoms with Crippen molar-refractivity contribution in [1.82, 2.24) is 0 Å². The Hall–Kier alpha value is -1.51. The Bertz CT molecular complexity index is 522. The Morgan fingerprint density at radius 2 is 1.76 bits per heavy atom. The number of carboxylic acid groups (broad SMARTS) is 1. The molecule has 1 rings (SSSR count). The van der Waals surface area contributed by atoms with Crippen molar-refractivity contribution in [3.8, 4) is 5.75 Å². The van der Waals surface area contributed by atoms with Crippen molar-refractivity contribution in [1.29, 1.82) is 0 Å². The van der Waals surface area contributed by atoms with Crippen LogP contribution in [0.25, 0.3) is 0 Å². The number of aliphatic carboxylic acids is 1. The molecule has 0 fully saturated rings. The average molecular weight is 291 g/mol. The number of aryl methyl sites for hydroxylation is 1. The van der Waals surface area contributed by atoms with Gasteiger partial charge < -0.3 is 15.0 Å². The van der Waals surface area contributed by atoms with Crippen molar-refractivity contribution in [3.05, 3.63) is 28.8 Å². The lowest BCUT2D eigenvalue weighted by molar-refractivity contribution is -0.304. The van der Waals surface area contributed by atoms with Crippen LogP contribution in [0.3, 0.4) is 0 Å². The third kappa shape index (κ3) is 4.76. The lowest BCUT2D eigenvalue weighted by Gasteiger charge is -2.34. The molecular formula is C18H27O3-. The van der Waals surface area contributed by atoms with Gasteiger partial charge in [-0.3, -0.25) is 0 Å². The normalized spacial score (nSPS) is 12.5. The predicted octanol–water partition coefficient (Wildman–Crippen LogP) is 2.96. The van der Waals surface area contributed by atoms with E-state index in [1.165, 1.54) is 0 Å². The maximum Gasteiger partial charge on any atom is 0.122 e. The van der Waals surface area contributed by atoms with E-state index < -0.39 is 5.97 Å². The van der Waals surface area contributed by atoms with E-state index >= 15 is 0 Å². The SMILES string of the molecule is CCc1cc(CC(=O)[O-])cc(C(C)(C)CC(C)(C)C)c1O. The summed E-state index contributed by atoms with van der Waals surface area (Å²) in [6, 6.07) is 3.58. The first-order chi connectivity index (χ1) is 9.46. The fraction of sp³-hybridized carbons (Fsp3) is 0.611. The third-order valence-electron chi connectivity index (χ3n) is 3.68. The van der Waals surface area contributed by atoms with Gasteiger partial charge in [0.2, 0.25) is 0 Å². The van der Waals surface area contributed by atoms with Crippen molar-refractivity contribution in [2.24, 2.45) is 5.41 Å². The molecule has 3 heteroatoms. The highest BCUT2D eigenvalue weighted by atomic mass is 16.4. The van der Waals surface area contributed by atoms with Gasteiger partial charge in [0.1, 0.15) is 5.75 Å². The summed E-state index contributed by atoms with van der Waals surface area (Å²) in [7, 11) is 0. The first-order valence-corrected chi connectivity index (χ1v) is 7.51. The Morgan fingerprint density at radius 1 is 1.19 bits per heavy atom. The Kier molecular flexibility index (Phi) is 5.08. The van der Waals surface area contributed by atoms with Crippen LogP contribution >= 0.6 is 0 Å². The summed E-state index contributed by atoms with van der Waals surface area (Å²) in [4.78, 5) is 10.9. The van der Waals surface area contributed by atoms with Gasteiger partial charge in [0, 0.05) is 18.0 Å². The largest absolute Gasteiger partial charge is 0.550 e. The zero-order valence-electron chi connectivity index (χ0n) is 14.0. The second kappa shape index (κ2) is 6.08. The van der Waals surface area contributed by atoms with Gasteiger partial charge in [-0.25, -0.2) is 0 Å². The first kappa shape index (κ1) is 17.5. The number of hydrogen-bond donors (Lipinski definition) is 1. The van der Waals surface area contributed by atoms with Gasteiger partial charge in [0.25, 0.3) is 0 Å². The van der Waals surface area contributed by atoms with E-state index in [0.29, 0.717) is 17.7 Å². The summed E-state index contributed by atoms with van der Waals surface area (Å²) in [5.41, 5.74) is 2.21. The third-order valence-corrected chi connectivity index (χ3v) is 3.68. The molecule has 0 aliphatic rings. The van der Waals surface area contributed by atoms with Crippen molar-refractivity contribution >= 4 is 5.97 Å². The van der Waals surface area contributed by atoms with Crippen LogP contribution in [0.15, 0.2) is 12.1 Å². The summed E-state index contributed by atoms with van der Waals surface area (Å²) in [6.45, 7) is 12.6. The number of carboxylic acids is 1. The number of rotatable bonds is 5. The van der Waals surface area contributed by atoms with Crippen LogP contribution in [0.4, 0.5) is 0 Å². The molecule has 0 aliphatic carbocycles. The fourth-order valence-corrected chi connectivity index (χ4v) is 3.24. The summed E-state index contributed by atoms with van der Waals surface area (Å²) in [6.07, 6.45) is 1.45. The summed E-state index contributed by atoms with van der Waals surface area (Å²) in [5.74, 6) is -0.795. The molecule has 0 unspecified atom stereocenters. The van der Waals surface area contributed by atoms with Gasteiger partial charge in [-0.15, -0.1) is 0 Å². The molecule has 0 amide bonds. The maximum absolute atomic E-state index is 10.9. The highest BCUT2D eigenvalue weighted by Gasteiger charge is 2.30. The van der Waals surface area contributed by atoms with Gasteiger partial charge in [0.05, 0.1) is 0 Å². The molecule has 0 aliphatic heterocycles. The van der Waals surface area contributed by atoms with Gasteiger partial charge in [-0.05, 0) is 34.8 Å². The lowest BCUT2D eigenvalue weighted by Crippen LogP contribution is -2.27. The number of carbonyl (C=O) groups is 1. The minimum atomic E-state index is -1.10. The summed E-state index contributed by atoms with van der Waals surface area (Å²) < 4.78 is 0. The predicted molar refractivity (Wildman–Crippen MR) is 83.3 cm³/mol. The van der Waals surface area contributed by atoms with Gasteiger partial charge >= 0.3 is 0 Å². The minimum Gasteiger partial charge on any atom is -0.550 e. The molecule has 0 saturated carbocycles. The molecule has 0 radical (unpaired) electrons. The van der Waals surface area contributed by atoms with Crippen molar-refractivity contribution in [3.63, 3.8) is 0 Å². The van der Waals surface area contributed by atoms with Crippen molar-refractivity contribution < 1.29 is 15.0 Å². The van der Waals surface area contributed by atoms with Crippen molar-refractivity contribution in [2.75, 3.05) is 0 Å². The fourth-order valence-electron chi connectivity index (χ4n) is 3.24. The molecule has 1 aromatic rings. The van der Waals surface area contributed by atoms with E-state index in [2.05, 4.69) is 34.6 Å². The zero-order chi connectivity index (χ0) is 16.4. The van der Waals surface area contributed by atoms with Gasteiger partial charge in [-0.1, -0.05) is 53.7 Å². The van der Waals surface area contributed by atoms with Crippen LogP contribution in [-0.4, -0.2) is 11.1 Å². The Morgan fingerprint density at radius 3 is 2.19 bits per heavy atom. The zero-order valence-corrected chi connectivity index (χ0v) is 14.0. The number of phenolic OH excluding ortho intramolecular Hbond substituents is 1. The van der Waals surface area contributed by atoms with Gasteiger partial charge in [-0.2, -0.15) is 0 Å². The van der Waals surface area contributed by atoms with Crippen LogP contribution in [0.2, 0.25) is 0 Å². The quantitative estimate of drug-likeness (QED) is 0.907.